The molecule has 0 bridgehead atoms. The molecule has 0 saturated carbocycles. The number of hydrogen-bond acceptors (Lipinski definition) is 5. The smallest absolute Gasteiger partial charge is 0.228 e. The van der Waals surface area contributed by atoms with Gasteiger partial charge < -0.3 is 14.6 Å². The molecule has 1 aromatic rings. The van der Waals surface area contributed by atoms with Crippen molar-refractivity contribution in [2.75, 3.05) is 19.8 Å². The lowest BCUT2D eigenvalue weighted by Crippen LogP contribution is -2.32. The summed E-state index contributed by atoms with van der Waals surface area (Å²) >= 11 is 0. The first kappa shape index (κ1) is 15.4. The molecule has 0 aliphatic carbocycles. The lowest BCUT2D eigenvalue weighted by atomic mass is 10.0. The van der Waals surface area contributed by atoms with Crippen LogP contribution in [0.25, 0.3) is 0 Å². The van der Waals surface area contributed by atoms with Crippen LogP contribution < -0.4 is 5.32 Å². The number of likely N-dealkylation sites (N-methyl/N-ethyl adjacent to an activating group) is 1. The Morgan fingerprint density at radius 3 is 2.90 bits per heavy atom. The summed E-state index contributed by atoms with van der Waals surface area (Å²) in [6.45, 7) is 9.16. The number of nitrogens with one attached hydrogen (secondary N) is 1. The lowest BCUT2D eigenvalue weighted by molar-refractivity contribution is 0.0773. The van der Waals surface area contributed by atoms with Crippen molar-refractivity contribution in [3.63, 3.8) is 0 Å². The minimum absolute atomic E-state index is 0.309. The molecule has 0 amide bonds. The molecule has 0 radical (unpaired) electrons. The number of rotatable bonds is 7. The maximum atomic E-state index is 5.48. The van der Waals surface area contributed by atoms with Gasteiger partial charge in [0.05, 0.1) is 6.61 Å². The fraction of sp³-hybridized carbons (Fsp3) is 0.867. The summed E-state index contributed by atoms with van der Waals surface area (Å²) in [6.07, 6.45) is 4.12. The Kier molecular flexibility index (Phi) is 5.98. The third-order valence-electron chi connectivity index (χ3n) is 3.68. The van der Waals surface area contributed by atoms with Gasteiger partial charge in [-0.05, 0) is 31.7 Å². The number of aromatic nitrogens is 2. The zero-order chi connectivity index (χ0) is 14.4. The SMILES string of the molecule is CCNC(Cc1nc(C2CCCOC2)no1)CC(C)C. The third kappa shape index (κ3) is 4.56. The normalized spacial score (nSPS) is 21.3. The van der Waals surface area contributed by atoms with Crippen molar-refractivity contribution in [3.05, 3.63) is 11.7 Å². The van der Waals surface area contributed by atoms with E-state index in [-0.39, 0.29) is 0 Å². The van der Waals surface area contributed by atoms with E-state index < -0.39 is 0 Å². The molecule has 20 heavy (non-hydrogen) atoms. The van der Waals surface area contributed by atoms with Crippen LogP contribution >= 0.6 is 0 Å². The first-order valence-corrected chi connectivity index (χ1v) is 7.82. The van der Waals surface area contributed by atoms with Crippen LogP contribution in [0.4, 0.5) is 0 Å². The van der Waals surface area contributed by atoms with Gasteiger partial charge in [0.25, 0.3) is 0 Å². The van der Waals surface area contributed by atoms with Gasteiger partial charge in [-0.2, -0.15) is 4.98 Å². The summed E-state index contributed by atoms with van der Waals surface area (Å²) in [5.41, 5.74) is 0. The van der Waals surface area contributed by atoms with E-state index in [1.165, 1.54) is 0 Å². The largest absolute Gasteiger partial charge is 0.381 e. The predicted octanol–water partition coefficient (Wildman–Crippen LogP) is 2.53. The van der Waals surface area contributed by atoms with E-state index in [0.717, 1.165) is 57.2 Å². The van der Waals surface area contributed by atoms with Crippen molar-refractivity contribution in [2.45, 2.75) is 58.4 Å². The molecule has 1 saturated heterocycles. The molecule has 1 aromatic heterocycles. The van der Waals surface area contributed by atoms with Crippen molar-refractivity contribution >= 4 is 0 Å². The van der Waals surface area contributed by atoms with Gasteiger partial charge in [0, 0.05) is 25.0 Å². The van der Waals surface area contributed by atoms with Crippen LogP contribution in [0, 0.1) is 5.92 Å². The van der Waals surface area contributed by atoms with Crippen molar-refractivity contribution in [1.82, 2.24) is 15.5 Å². The molecular formula is C15H27N3O2. The summed E-state index contributed by atoms with van der Waals surface area (Å²) < 4.78 is 10.9. The van der Waals surface area contributed by atoms with Crippen LogP contribution in [0.5, 0.6) is 0 Å². The van der Waals surface area contributed by atoms with Gasteiger partial charge in [-0.3, -0.25) is 0 Å². The standard InChI is InChI=1S/C15H27N3O2/c1-4-16-13(8-11(2)3)9-14-17-15(18-20-14)12-6-5-7-19-10-12/h11-13,16H,4-10H2,1-3H3. The molecule has 1 fully saturated rings. The topological polar surface area (TPSA) is 60.2 Å². The summed E-state index contributed by atoms with van der Waals surface area (Å²) in [7, 11) is 0. The quantitative estimate of drug-likeness (QED) is 0.832. The highest BCUT2D eigenvalue weighted by Crippen LogP contribution is 2.23. The minimum atomic E-state index is 0.309. The second kappa shape index (κ2) is 7.74. The summed E-state index contributed by atoms with van der Waals surface area (Å²) in [5.74, 6) is 2.54. The first-order chi connectivity index (χ1) is 9.69. The molecule has 5 nitrogen and oxygen atoms in total. The summed E-state index contributed by atoms with van der Waals surface area (Å²) in [4.78, 5) is 4.57. The molecule has 1 aliphatic heterocycles. The number of nitrogens with zero attached hydrogens (tertiary/aromatic N) is 2. The van der Waals surface area contributed by atoms with Gasteiger partial charge in [0.1, 0.15) is 0 Å². The maximum Gasteiger partial charge on any atom is 0.228 e. The van der Waals surface area contributed by atoms with E-state index in [1.54, 1.807) is 0 Å². The zero-order valence-corrected chi connectivity index (χ0v) is 12.9. The average Bonchev–Trinajstić information content (AvgIpc) is 2.88. The minimum Gasteiger partial charge on any atom is -0.381 e. The maximum absolute atomic E-state index is 5.48. The molecule has 0 aromatic carbocycles. The third-order valence-corrected chi connectivity index (χ3v) is 3.68. The number of hydrogen-bond donors (Lipinski definition) is 1. The van der Waals surface area contributed by atoms with Crippen LogP contribution in [0.15, 0.2) is 4.52 Å². The Balaban J connectivity index is 1.92. The zero-order valence-electron chi connectivity index (χ0n) is 12.9. The highest BCUT2D eigenvalue weighted by molar-refractivity contribution is 4.98. The van der Waals surface area contributed by atoms with Gasteiger partial charge >= 0.3 is 0 Å². The van der Waals surface area contributed by atoms with E-state index in [0.29, 0.717) is 17.9 Å². The van der Waals surface area contributed by atoms with Gasteiger partial charge in [-0.25, -0.2) is 0 Å². The summed E-state index contributed by atoms with van der Waals surface area (Å²) in [6, 6.07) is 0.413. The molecule has 1 aliphatic rings. The fourth-order valence-electron chi connectivity index (χ4n) is 2.77. The van der Waals surface area contributed by atoms with E-state index in [4.69, 9.17) is 9.26 Å². The van der Waals surface area contributed by atoms with E-state index in [2.05, 4.69) is 36.2 Å². The Morgan fingerprint density at radius 1 is 1.40 bits per heavy atom. The van der Waals surface area contributed by atoms with Crippen LogP contribution in [0.2, 0.25) is 0 Å². The van der Waals surface area contributed by atoms with Crippen molar-refractivity contribution < 1.29 is 9.26 Å². The Hall–Kier alpha value is -0.940. The second-order valence-electron chi connectivity index (χ2n) is 6.05. The highest BCUT2D eigenvalue weighted by atomic mass is 16.5. The molecule has 114 valence electrons. The molecule has 2 atom stereocenters. The average molecular weight is 281 g/mol. The van der Waals surface area contributed by atoms with Crippen LogP contribution in [0.3, 0.4) is 0 Å². The van der Waals surface area contributed by atoms with E-state index >= 15 is 0 Å². The van der Waals surface area contributed by atoms with E-state index in [9.17, 15) is 0 Å². The van der Waals surface area contributed by atoms with Gasteiger partial charge in [-0.15, -0.1) is 0 Å². The number of ether oxygens (including phenoxy) is 1. The molecule has 2 rings (SSSR count). The Labute approximate surface area is 121 Å². The molecular weight excluding hydrogens is 254 g/mol. The summed E-state index contributed by atoms with van der Waals surface area (Å²) in [5, 5.41) is 7.64. The van der Waals surface area contributed by atoms with Gasteiger partial charge in [0.2, 0.25) is 5.89 Å². The highest BCUT2D eigenvalue weighted by Gasteiger charge is 2.22. The van der Waals surface area contributed by atoms with Gasteiger partial charge in [-0.1, -0.05) is 25.9 Å². The molecule has 2 heterocycles. The Morgan fingerprint density at radius 2 is 2.25 bits per heavy atom. The lowest BCUT2D eigenvalue weighted by Gasteiger charge is -2.19. The van der Waals surface area contributed by atoms with Gasteiger partial charge in [0.15, 0.2) is 5.82 Å². The van der Waals surface area contributed by atoms with Crippen molar-refractivity contribution in [3.8, 4) is 0 Å². The van der Waals surface area contributed by atoms with Crippen LogP contribution in [0.1, 0.15) is 57.7 Å². The molecule has 1 N–H and O–H groups in total. The second-order valence-corrected chi connectivity index (χ2v) is 6.05. The Bertz CT molecular complexity index is 386. The first-order valence-electron chi connectivity index (χ1n) is 7.82. The van der Waals surface area contributed by atoms with Crippen molar-refractivity contribution in [1.29, 1.82) is 0 Å². The monoisotopic (exact) mass is 281 g/mol. The van der Waals surface area contributed by atoms with Crippen LogP contribution in [-0.2, 0) is 11.2 Å². The van der Waals surface area contributed by atoms with Crippen molar-refractivity contribution in [2.24, 2.45) is 5.92 Å². The predicted molar refractivity (Wildman–Crippen MR) is 77.7 cm³/mol. The molecule has 2 unspecified atom stereocenters. The fourth-order valence-corrected chi connectivity index (χ4v) is 2.77. The van der Waals surface area contributed by atoms with E-state index in [1.807, 2.05) is 0 Å². The molecule has 0 spiro atoms. The van der Waals surface area contributed by atoms with Crippen LogP contribution in [-0.4, -0.2) is 35.9 Å². The molecule has 5 heteroatoms.